The molecular formula is C25H43BrN4O5SSi. The van der Waals surface area contributed by atoms with Crippen molar-refractivity contribution < 1.29 is 23.2 Å². The van der Waals surface area contributed by atoms with E-state index < -0.39 is 25.2 Å². The minimum absolute atomic E-state index is 0.174. The summed E-state index contributed by atoms with van der Waals surface area (Å²) in [7, 11) is -1.17. The van der Waals surface area contributed by atoms with E-state index in [-0.39, 0.29) is 10.8 Å². The van der Waals surface area contributed by atoms with Crippen LogP contribution in [0.25, 0.3) is 0 Å². The van der Waals surface area contributed by atoms with E-state index in [2.05, 4.69) is 50.3 Å². The Morgan fingerprint density at radius 2 is 1.95 bits per heavy atom. The van der Waals surface area contributed by atoms with Gasteiger partial charge in [-0.1, -0.05) is 32.5 Å². The largest absolute Gasteiger partial charge is 0.598 e. The van der Waals surface area contributed by atoms with Gasteiger partial charge in [0.2, 0.25) is 5.79 Å². The first kappa shape index (κ1) is 30.8. The number of imidazole rings is 1. The number of nitrogens with zero attached hydrogens (tertiary/aromatic N) is 3. The molecule has 0 aliphatic carbocycles. The highest BCUT2D eigenvalue weighted by Gasteiger charge is 2.42. The highest BCUT2D eigenvalue weighted by Crippen LogP contribution is 2.36. The van der Waals surface area contributed by atoms with Gasteiger partial charge in [-0.25, -0.2) is 9.97 Å². The molecule has 0 amide bonds. The van der Waals surface area contributed by atoms with E-state index in [9.17, 15) is 4.55 Å². The van der Waals surface area contributed by atoms with E-state index in [0.717, 1.165) is 48.8 Å². The van der Waals surface area contributed by atoms with Crippen molar-refractivity contribution in [3.63, 3.8) is 0 Å². The molecule has 37 heavy (non-hydrogen) atoms. The summed E-state index contributed by atoms with van der Waals surface area (Å²) in [6.07, 6.45) is 9.16. The summed E-state index contributed by atoms with van der Waals surface area (Å²) >= 11 is 2.38. The van der Waals surface area contributed by atoms with E-state index in [1.165, 1.54) is 0 Å². The summed E-state index contributed by atoms with van der Waals surface area (Å²) in [6.45, 7) is 15.1. The standard InChI is InChI=1S/C25H43BrN4O5SSi/c1-24(2,3)36(31)29-20(22-28-18-21(26)30(22)19-32-16-17-37(4,5)6)10-8-7-9-11-25(34-14-15-35-25)23-27-12-13-33-23/h12-13,18,20,29H,7-11,14-17,19H2,1-6H3/t20-,36?/m0/s1. The third-order valence-corrected chi connectivity index (χ3v) is 10.1. The molecule has 210 valence electrons. The smallest absolute Gasteiger partial charge is 0.255 e. The number of ether oxygens (including phenoxy) is 3. The molecule has 12 heteroatoms. The van der Waals surface area contributed by atoms with Crippen LogP contribution in [0.2, 0.25) is 25.7 Å². The first-order valence-corrected chi connectivity index (χ1v) is 18.7. The molecule has 1 unspecified atom stereocenters. The fraction of sp³-hybridized carbons (Fsp3) is 0.760. The van der Waals surface area contributed by atoms with Gasteiger partial charge < -0.3 is 23.2 Å². The molecule has 1 aliphatic rings. The molecule has 9 nitrogen and oxygen atoms in total. The number of hydrogen-bond donors (Lipinski definition) is 1. The van der Waals surface area contributed by atoms with Crippen LogP contribution in [0, 0.1) is 0 Å². The molecule has 1 N–H and O–H groups in total. The van der Waals surface area contributed by atoms with Gasteiger partial charge in [0, 0.05) is 32.5 Å². The second-order valence-corrected chi connectivity index (χ2v) is 20.1. The first-order valence-electron chi connectivity index (χ1n) is 13.1. The summed E-state index contributed by atoms with van der Waals surface area (Å²) in [6, 6.07) is 0.930. The van der Waals surface area contributed by atoms with E-state index >= 15 is 0 Å². The minimum Gasteiger partial charge on any atom is -0.598 e. The van der Waals surface area contributed by atoms with Crippen LogP contribution >= 0.6 is 15.9 Å². The van der Waals surface area contributed by atoms with Gasteiger partial charge >= 0.3 is 0 Å². The molecule has 1 saturated heterocycles. The molecule has 2 aromatic heterocycles. The number of oxazole rings is 1. The van der Waals surface area contributed by atoms with Crippen LogP contribution in [-0.2, 0) is 38.1 Å². The number of rotatable bonds is 15. The quantitative estimate of drug-likeness (QED) is 0.150. The lowest BCUT2D eigenvalue weighted by Crippen LogP contribution is -2.42. The Morgan fingerprint density at radius 1 is 1.22 bits per heavy atom. The number of halogens is 1. The topological polar surface area (TPSA) is 107 Å². The SMILES string of the molecule is CC(C)(C)[S+]([O-])N[C@@H](CCCCCC1(c2ncco2)OCCO1)c1ncc(Br)n1COCC[Si](C)(C)C. The predicted octanol–water partition coefficient (Wildman–Crippen LogP) is 5.89. The van der Waals surface area contributed by atoms with Crippen LogP contribution in [0.15, 0.2) is 27.7 Å². The molecule has 2 aromatic rings. The van der Waals surface area contributed by atoms with Crippen LogP contribution in [-0.4, -0.2) is 51.7 Å². The van der Waals surface area contributed by atoms with Gasteiger partial charge in [-0.2, -0.15) is 0 Å². The van der Waals surface area contributed by atoms with E-state index in [4.69, 9.17) is 18.6 Å². The monoisotopic (exact) mass is 618 g/mol. The van der Waals surface area contributed by atoms with Crippen molar-refractivity contribution >= 4 is 35.4 Å². The summed E-state index contributed by atoms with van der Waals surface area (Å²) in [5, 5.41) is 0. The number of unbranched alkanes of at least 4 members (excludes halogenated alkanes) is 2. The average Bonchev–Trinajstić information content (AvgIpc) is 3.56. The molecule has 0 bridgehead atoms. The Morgan fingerprint density at radius 3 is 2.57 bits per heavy atom. The lowest BCUT2D eigenvalue weighted by molar-refractivity contribution is -0.187. The van der Waals surface area contributed by atoms with Crippen molar-refractivity contribution in [3.05, 3.63) is 35.0 Å². The van der Waals surface area contributed by atoms with Crippen LogP contribution < -0.4 is 4.72 Å². The second-order valence-electron chi connectivity index (χ2n) is 11.7. The Balaban J connectivity index is 1.61. The number of nitrogens with one attached hydrogen (secondary N) is 1. The predicted molar refractivity (Wildman–Crippen MR) is 151 cm³/mol. The average molecular weight is 620 g/mol. The lowest BCUT2D eigenvalue weighted by atomic mass is 10.0. The van der Waals surface area contributed by atoms with Crippen LogP contribution in [0.3, 0.4) is 0 Å². The van der Waals surface area contributed by atoms with Crippen molar-refractivity contribution in [2.45, 2.75) is 102 Å². The van der Waals surface area contributed by atoms with E-state index in [1.54, 1.807) is 18.7 Å². The first-order chi connectivity index (χ1) is 17.4. The van der Waals surface area contributed by atoms with Gasteiger partial charge in [0.25, 0.3) is 5.89 Å². The molecule has 0 radical (unpaired) electrons. The van der Waals surface area contributed by atoms with Gasteiger partial charge in [0.1, 0.15) is 34.2 Å². The van der Waals surface area contributed by atoms with Crippen molar-refractivity contribution in [3.8, 4) is 0 Å². The molecule has 0 aromatic carbocycles. The fourth-order valence-corrected chi connectivity index (χ4v) is 5.96. The highest BCUT2D eigenvalue weighted by molar-refractivity contribution is 9.10. The highest BCUT2D eigenvalue weighted by atomic mass is 79.9. The Labute approximate surface area is 233 Å². The van der Waals surface area contributed by atoms with Crippen molar-refractivity contribution in [2.24, 2.45) is 0 Å². The summed E-state index contributed by atoms with van der Waals surface area (Å²) in [4.78, 5) is 8.94. The minimum atomic E-state index is -1.24. The Bertz CT molecular complexity index is 942. The normalized spacial score (nSPS) is 17.8. The van der Waals surface area contributed by atoms with Gasteiger partial charge in [0.05, 0.1) is 25.6 Å². The van der Waals surface area contributed by atoms with E-state index in [0.29, 0.717) is 32.3 Å². The van der Waals surface area contributed by atoms with Crippen LogP contribution in [0.4, 0.5) is 0 Å². The summed E-state index contributed by atoms with van der Waals surface area (Å²) in [5.74, 6) is 0.422. The maximum absolute atomic E-state index is 13.0. The maximum atomic E-state index is 13.0. The fourth-order valence-electron chi connectivity index (χ4n) is 3.98. The summed E-state index contributed by atoms with van der Waals surface area (Å²) < 4.78 is 42.2. The van der Waals surface area contributed by atoms with Gasteiger partial charge in [-0.15, -0.1) is 4.72 Å². The summed E-state index contributed by atoms with van der Waals surface area (Å²) in [5.41, 5.74) is 0. The van der Waals surface area contributed by atoms with Crippen molar-refractivity contribution in [2.75, 3.05) is 19.8 Å². The third-order valence-electron chi connectivity index (χ3n) is 6.18. The van der Waals surface area contributed by atoms with Crippen molar-refractivity contribution in [1.82, 2.24) is 19.3 Å². The maximum Gasteiger partial charge on any atom is 0.255 e. The van der Waals surface area contributed by atoms with Crippen molar-refractivity contribution in [1.29, 1.82) is 0 Å². The second kappa shape index (κ2) is 13.6. The van der Waals surface area contributed by atoms with Gasteiger partial charge in [-0.3, -0.25) is 4.57 Å². The Kier molecular flexibility index (Phi) is 11.3. The van der Waals surface area contributed by atoms with Gasteiger partial charge in [-0.05, 0) is 55.6 Å². The van der Waals surface area contributed by atoms with Crippen LogP contribution in [0.1, 0.15) is 70.6 Å². The molecule has 3 rings (SSSR count). The molecule has 1 aliphatic heterocycles. The zero-order valence-corrected chi connectivity index (χ0v) is 26.5. The molecular weight excluding hydrogens is 576 g/mol. The molecule has 2 atom stereocenters. The van der Waals surface area contributed by atoms with E-state index in [1.807, 2.05) is 25.3 Å². The Hall–Kier alpha value is -0.733. The lowest BCUT2D eigenvalue weighted by Gasteiger charge is -2.28. The van der Waals surface area contributed by atoms with Crippen LogP contribution in [0.5, 0.6) is 0 Å². The zero-order valence-electron chi connectivity index (χ0n) is 23.0. The molecule has 1 fully saturated rings. The molecule has 3 heterocycles. The van der Waals surface area contributed by atoms with Gasteiger partial charge in [0.15, 0.2) is 0 Å². The molecule has 0 saturated carbocycles. The number of hydrogen-bond acceptors (Lipinski definition) is 8. The molecule has 0 spiro atoms. The third kappa shape index (κ3) is 9.16. The zero-order chi connectivity index (χ0) is 27.1. The number of aromatic nitrogens is 3.